The molecule has 4 rings (SSSR count). The van der Waals surface area contributed by atoms with E-state index in [0.717, 1.165) is 6.07 Å². The summed E-state index contributed by atoms with van der Waals surface area (Å²) in [6, 6.07) is 7.00. The first-order chi connectivity index (χ1) is 17.1. The number of halogens is 2. The van der Waals surface area contributed by atoms with Gasteiger partial charge in [-0.1, -0.05) is 23.7 Å². The highest BCUT2D eigenvalue weighted by atomic mass is 35.5. The Labute approximate surface area is 210 Å². The molecule has 0 fully saturated rings. The van der Waals surface area contributed by atoms with Gasteiger partial charge >= 0.3 is 0 Å². The van der Waals surface area contributed by atoms with E-state index in [4.69, 9.17) is 16.3 Å². The van der Waals surface area contributed by atoms with Crippen molar-refractivity contribution in [2.75, 3.05) is 29.5 Å². The molecular formula is C22H19ClFN7O4S. The number of methoxy groups -OCH3 is 1. The predicted octanol–water partition coefficient (Wildman–Crippen LogP) is 3.69. The number of ether oxygens (including phenoxy) is 1. The van der Waals surface area contributed by atoms with Gasteiger partial charge in [0.2, 0.25) is 17.7 Å². The minimum atomic E-state index is -4.31. The zero-order chi connectivity index (χ0) is 26.0. The van der Waals surface area contributed by atoms with Crippen molar-refractivity contribution in [2.45, 2.75) is 11.8 Å². The maximum Gasteiger partial charge on any atom is 0.267 e. The van der Waals surface area contributed by atoms with Crippen LogP contribution in [0.15, 0.2) is 47.6 Å². The average molecular weight is 532 g/mol. The zero-order valence-electron chi connectivity index (χ0n) is 19.1. The number of anilines is 3. The molecule has 3 heterocycles. The summed E-state index contributed by atoms with van der Waals surface area (Å²) in [5, 5.41) is 5.90. The van der Waals surface area contributed by atoms with Crippen molar-refractivity contribution < 1.29 is 22.3 Å². The molecule has 4 aromatic rings. The molecule has 0 atom stereocenters. The van der Waals surface area contributed by atoms with Crippen LogP contribution in [0.1, 0.15) is 6.92 Å². The number of rotatable bonds is 7. The molecule has 0 saturated carbocycles. The number of nitrogens with one attached hydrogen (secondary N) is 3. The highest BCUT2D eigenvalue weighted by molar-refractivity contribution is 7.92. The Morgan fingerprint density at radius 2 is 1.89 bits per heavy atom. The third kappa shape index (κ3) is 4.97. The van der Waals surface area contributed by atoms with Crippen LogP contribution in [0.2, 0.25) is 5.02 Å². The van der Waals surface area contributed by atoms with Gasteiger partial charge in [0.25, 0.3) is 10.0 Å². The van der Waals surface area contributed by atoms with Crippen molar-refractivity contribution in [2.24, 2.45) is 0 Å². The minimum Gasteiger partial charge on any atom is -0.480 e. The molecule has 0 aliphatic rings. The van der Waals surface area contributed by atoms with Crippen LogP contribution in [-0.4, -0.2) is 48.4 Å². The predicted molar refractivity (Wildman–Crippen MR) is 133 cm³/mol. The molecule has 14 heteroatoms. The lowest BCUT2D eigenvalue weighted by molar-refractivity contribution is -0.114. The number of carbonyl (C=O) groups is 1. The third-order valence-electron chi connectivity index (χ3n) is 4.89. The Balaban J connectivity index is 1.78. The molecule has 3 aromatic heterocycles. The van der Waals surface area contributed by atoms with Gasteiger partial charge in [-0.25, -0.2) is 27.8 Å². The largest absolute Gasteiger partial charge is 0.480 e. The van der Waals surface area contributed by atoms with Crippen molar-refractivity contribution in [3.63, 3.8) is 0 Å². The molecule has 11 nitrogen and oxygen atoms in total. The van der Waals surface area contributed by atoms with Gasteiger partial charge in [-0.3, -0.25) is 14.8 Å². The fourth-order valence-corrected chi connectivity index (χ4v) is 4.78. The number of hydrogen-bond donors (Lipinski definition) is 3. The van der Waals surface area contributed by atoms with Crippen LogP contribution in [0.3, 0.4) is 0 Å². The van der Waals surface area contributed by atoms with E-state index in [1.165, 1.54) is 44.6 Å². The number of amides is 1. The van der Waals surface area contributed by atoms with Crippen LogP contribution in [-0.2, 0) is 14.8 Å². The van der Waals surface area contributed by atoms with Crippen molar-refractivity contribution >= 4 is 56.0 Å². The standard InChI is InChI=1S/C22H19ClFN7O4S/c1-11(32)28-22-27-9-12-7-15(20(25-2)29-19(12)30-22)14-5-4-6-16(18(14)24)31-36(33,34)17-8-13(23)10-26-21(17)35-3/h4-10,31H,1-3H3,(H2,25,27,28,29,30,32). The molecular weight excluding hydrogens is 513 g/mol. The van der Waals surface area contributed by atoms with Crippen molar-refractivity contribution in [1.29, 1.82) is 0 Å². The summed E-state index contributed by atoms with van der Waals surface area (Å²) >= 11 is 5.91. The second-order valence-corrected chi connectivity index (χ2v) is 9.44. The molecule has 0 spiro atoms. The lowest BCUT2D eigenvalue weighted by atomic mass is 10.0. The molecule has 0 radical (unpaired) electrons. The Kier molecular flexibility index (Phi) is 6.86. The summed E-state index contributed by atoms with van der Waals surface area (Å²) in [5.41, 5.74) is 0.353. The highest BCUT2D eigenvalue weighted by Crippen LogP contribution is 2.35. The van der Waals surface area contributed by atoms with E-state index in [-0.39, 0.29) is 50.4 Å². The second-order valence-electron chi connectivity index (χ2n) is 7.36. The van der Waals surface area contributed by atoms with Gasteiger partial charge in [0, 0.05) is 42.9 Å². The van der Waals surface area contributed by atoms with E-state index in [2.05, 4.69) is 35.3 Å². The van der Waals surface area contributed by atoms with Gasteiger partial charge < -0.3 is 10.1 Å². The van der Waals surface area contributed by atoms with Crippen LogP contribution < -0.4 is 20.1 Å². The molecule has 0 aliphatic heterocycles. The van der Waals surface area contributed by atoms with Crippen LogP contribution >= 0.6 is 11.6 Å². The van der Waals surface area contributed by atoms with Crippen molar-refractivity contribution in [3.05, 3.63) is 53.6 Å². The molecule has 0 bridgehead atoms. The number of nitrogens with zero attached hydrogens (tertiary/aromatic N) is 4. The summed E-state index contributed by atoms with van der Waals surface area (Å²) in [7, 11) is -1.46. The van der Waals surface area contributed by atoms with Gasteiger partial charge in [-0.2, -0.15) is 4.98 Å². The molecule has 186 valence electrons. The van der Waals surface area contributed by atoms with Crippen LogP contribution in [0.5, 0.6) is 5.88 Å². The SMILES string of the molecule is CNc1nc2nc(NC(C)=O)ncc2cc1-c1cccc(NS(=O)(=O)c2cc(Cl)cnc2OC)c1F. The van der Waals surface area contributed by atoms with Gasteiger partial charge in [0.1, 0.15) is 5.82 Å². The Morgan fingerprint density at radius 1 is 1.11 bits per heavy atom. The van der Waals surface area contributed by atoms with E-state index < -0.39 is 15.8 Å². The monoisotopic (exact) mass is 531 g/mol. The number of hydrogen-bond acceptors (Lipinski definition) is 9. The fourth-order valence-electron chi connectivity index (χ4n) is 3.35. The number of aromatic nitrogens is 4. The topological polar surface area (TPSA) is 148 Å². The number of sulfonamides is 1. The quantitative estimate of drug-likeness (QED) is 0.324. The second kappa shape index (κ2) is 9.87. The summed E-state index contributed by atoms with van der Waals surface area (Å²) in [5.74, 6) is -1.03. The molecule has 1 amide bonds. The third-order valence-corrected chi connectivity index (χ3v) is 6.46. The molecule has 0 aliphatic carbocycles. The Bertz CT molecular complexity index is 1600. The highest BCUT2D eigenvalue weighted by Gasteiger charge is 2.24. The molecule has 1 aromatic carbocycles. The number of carbonyl (C=O) groups excluding carboxylic acids is 1. The maximum absolute atomic E-state index is 15.7. The summed E-state index contributed by atoms with van der Waals surface area (Å²) < 4.78 is 48.9. The summed E-state index contributed by atoms with van der Waals surface area (Å²) in [6.45, 7) is 1.33. The molecule has 0 unspecified atom stereocenters. The van der Waals surface area contributed by atoms with Crippen LogP contribution in [0, 0.1) is 5.82 Å². The Hall–Kier alpha value is -4.10. The Morgan fingerprint density at radius 3 is 2.58 bits per heavy atom. The minimum absolute atomic E-state index is 0.0650. The van der Waals surface area contributed by atoms with Crippen LogP contribution in [0.4, 0.5) is 21.8 Å². The van der Waals surface area contributed by atoms with E-state index >= 15 is 4.39 Å². The van der Waals surface area contributed by atoms with Crippen LogP contribution in [0.25, 0.3) is 22.2 Å². The van der Waals surface area contributed by atoms with E-state index in [1.54, 1.807) is 13.1 Å². The summed E-state index contributed by atoms with van der Waals surface area (Å²) in [4.78, 5) is 27.5. The maximum atomic E-state index is 15.7. The normalized spacial score (nSPS) is 11.2. The van der Waals surface area contributed by atoms with E-state index in [9.17, 15) is 13.2 Å². The van der Waals surface area contributed by atoms with E-state index in [0.29, 0.717) is 10.9 Å². The molecule has 3 N–H and O–H groups in total. The molecule has 0 saturated heterocycles. The van der Waals surface area contributed by atoms with E-state index in [1.807, 2.05) is 0 Å². The first-order valence-corrected chi connectivity index (χ1v) is 12.1. The lowest BCUT2D eigenvalue weighted by Gasteiger charge is -2.15. The number of benzene rings is 1. The fraction of sp³-hybridized carbons (Fsp3) is 0.136. The number of pyridine rings is 2. The van der Waals surface area contributed by atoms with Gasteiger partial charge in [0.15, 0.2) is 16.4 Å². The van der Waals surface area contributed by atoms with Crippen molar-refractivity contribution in [3.8, 4) is 17.0 Å². The summed E-state index contributed by atoms with van der Waals surface area (Å²) in [6.07, 6.45) is 2.67. The van der Waals surface area contributed by atoms with Gasteiger partial charge in [-0.15, -0.1) is 0 Å². The van der Waals surface area contributed by atoms with Gasteiger partial charge in [-0.05, 0) is 18.2 Å². The zero-order valence-corrected chi connectivity index (χ0v) is 20.7. The van der Waals surface area contributed by atoms with Gasteiger partial charge in [0.05, 0.1) is 17.8 Å². The van der Waals surface area contributed by atoms with Crippen molar-refractivity contribution in [1.82, 2.24) is 19.9 Å². The molecule has 36 heavy (non-hydrogen) atoms. The lowest BCUT2D eigenvalue weighted by Crippen LogP contribution is -2.16. The number of fused-ring (bicyclic) bond motifs is 1. The first-order valence-electron chi connectivity index (χ1n) is 10.3. The first kappa shape index (κ1) is 25.0. The average Bonchev–Trinajstić information content (AvgIpc) is 2.84. The smallest absolute Gasteiger partial charge is 0.267 e.